The lowest BCUT2D eigenvalue weighted by Gasteiger charge is -2.31. The van der Waals surface area contributed by atoms with E-state index in [2.05, 4.69) is 49.9 Å². The van der Waals surface area contributed by atoms with Crippen molar-refractivity contribution in [2.24, 2.45) is 11.7 Å². The van der Waals surface area contributed by atoms with Gasteiger partial charge in [-0.05, 0) is 51.8 Å². The smallest absolute Gasteiger partial charge is 0.0391 e. The summed E-state index contributed by atoms with van der Waals surface area (Å²) in [7, 11) is 0. The summed E-state index contributed by atoms with van der Waals surface area (Å²) in [5.41, 5.74) is 8.68. The van der Waals surface area contributed by atoms with Crippen LogP contribution in [0.15, 0.2) is 24.3 Å². The van der Waals surface area contributed by atoms with E-state index >= 15 is 0 Å². The third-order valence-electron chi connectivity index (χ3n) is 3.95. The number of nitrogens with two attached hydrogens (primary N) is 1. The van der Waals surface area contributed by atoms with Crippen LogP contribution in [0.4, 0.5) is 0 Å². The molecule has 0 aliphatic carbocycles. The van der Waals surface area contributed by atoms with Crippen molar-refractivity contribution in [2.45, 2.75) is 39.3 Å². The summed E-state index contributed by atoms with van der Waals surface area (Å²) in [6.07, 6.45) is 1.23. The van der Waals surface area contributed by atoms with Gasteiger partial charge in [0.2, 0.25) is 0 Å². The van der Waals surface area contributed by atoms with Crippen LogP contribution in [0.25, 0.3) is 0 Å². The molecule has 2 unspecified atom stereocenters. The number of hydrogen-bond donors (Lipinski definition) is 1. The number of hydrogen-bond acceptors (Lipinski definition) is 2. The summed E-state index contributed by atoms with van der Waals surface area (Å²) in [5.74, 6) is 0.611. The van der Waals surface area contributed by atoms with Gasteiger partial charge >= 0.3 is 0 Å². The van der Waals surface area contributed by atoms with E-state index in [4.69, 9.17) is 5.73 Å². The van der Waals surface area contributed by atoms with E-state index in [1.54, 1.807) is 0 Å². The number of nitrogens with zero attached hydrogens (tertiary/aromatic N) is 1. The predicted molar refractivity (Wildman–Crippen MR) is 72.9 cm³/mol. The van der Waals surface area contributed by atoms with Crippen LogP contribution in [0.2, 0.25) is 0 Å². The minimum Gasteiger partial charge on any atom is -0.330 e. The second-order valence-corrected chi connectivity index (χ2v) is 5.47. The summed E-state index contributed by atoms with van der Waals surface area (Å²) >= 11 is 0. The first-order chi connectivity index (χ1) is 8.13. The van der Waals surface area contributed by atoms with Gasteiger partial charge in [-0.15, -0.1) is 0 Å². The van der Waals surface area contributed by atoms with E-state index in [-0.39, 0.29) is 0 Å². The quantitative estimate of drug-likeness (QED) is 0.868. The van der Waals surface area contributed by atoms with E-state index in [0.717, 1.165) is 6.54 Å². The van der Waals surface area contributed by atoms with Crippen molar-refractivity contribution >= 4 is 0 Å². The Morgan fingerprint density at radius 2 is 1.94 bits per heavy atom. The van der Waals surface area contributed by atoms with E-state index in [1.807, 2.05) is 0 Å². The first-order valence-electron chi connectivity index (χ1n) is 6.66. The third-order valence-corrected chi connectivity index (χ3v) is 3.95. The van der Waals surface area contributed by atoms with Crippen LogP contribution in [0.5, 0.6) is 0 Å². The summed E-state index contributed by atoms with van der Waals surface area (Å²) in [6.45, 7) is 8.67. The molecule has 1 saturated heterocycles. The monoisotopic (exact) mass is 232 g/mol. The van der Waals surface area contributed by atoms with Crippen molar-refractivity contribution in [1.29, 1.82) is 0 Å². The lowest BCUT2D eigenvalue weighted by Crippen LogP contribution is -2.33. The average molecular weight is 232 g/mol. The van der Waals surface area contributed by atoms with Gasteiger partial charge < -0.3 is 5.73 Å². The van der Waals surface area contributed by atoms with Crippen LogP contribution in [-0.2, 0) is 0 Å². The van der Waals surface area contributed by atoms with Crippen LogP contribution in [0.1, 0.15) is 37.4 Å². The maximum atomic E-state index is 5.93. The van der Waals surface area contributed by atoms with Crippen molar-refractivity contribution < 1.29 is 0 Å². The minimum atomic E-state index is 0.514. The SMILES string of the molecule is Cc1ccc(C2C(CN)CCN2C(C)C)cc1. The summed E-state index contributed by atoms with van der Waals surface area (Å²) in [6, 6.07) is 10.1. The van der Waals surface area contributed by atoms with Crippen LogP contribution < -0.4 is 5.73 Å². The fourth-order valence-corrected chi connectivity index (χ4v) is 2.94. The Morgan fingerprint density at radius 3 is 2.47 bits per heavy atom. The van der Waals surface area contributed by atoms with Crippen molar-refractivity contribution in [2.75, 3.05) is 13.1 Å². The van der Waals surface area contributed by atoms with E-state index in [0.29, 0.717) is 18.0 Å². The lowest BCUT2D eigenvalue weighted by molar-refractivity contribution is 0.184. The van der Waals surface area contributed by atoms with E-state index < -0.39 is 0 Å². The summed E-state index contributed by atoms with van der Waals surface area (Å²) in [5, 5.41) is 0. The third kappa shape index (κ3) is 2.53. The second-order valence-electron chi connectivity index (χ2n) is 5.47. The maximum absolute atomic E-state index is 5.93. The molecule has 0 bridgehead atoms. The lowest BCUT2D eigenvalue weighted by atomic mass is 9.93. The Morgan fingerprint density at radius 1 is 1.29 bits per heavy atom. The summed E-state index contributed by atoms with van der Waals surface area (Å²) < 4.78 is 0. The molecule has 0 amide bonds. The van der Waals surface area contributed by atoms with Crippen molar-refractivity contribution in [3.63, 3.8) is 0 Å². The zero-order valence-electron chi connectivity index (χ0n) is 11.2. The van der Waals surface area contributed by atoms with Crippen LogP contribution in [0, 0.1) is 12.8 Å². The topological polar surface area (TPSA) is 29.3 Å². The Balaban J connectivity index is 2.27. The molecule has 94 valence electrons. The molecule has 1 heterocycles. The molecule has 0 radical (unpaired) electrons. The highest BCUT2D eigenvalue weighted by Crippen LogP contribution is 2.37. The molecule has 2 nitrogen and oxygen atoms in total. The molecule has 0 aromatic heterocycles. The highest BCUT2D eigenvalue weighted by molar-refractivity contribution is 5.26. The first-order valence-corrected chi connectivity index (χ1v) is 6.66. The highest BCUT2D eigenvalue weighted by atomic mass is 15.2. The van der Waals surface area contributed by atoms with Gasteiger partial charge in [0, 0.05) is 12.1 Å². The van der Waals surface area contributed by atoms with Crippen molar-refractivity contribution in [3.05, 3.63) is 35.4 Å². The maximum Gasteiger partial charge on any atom is 0.0391 e. The molecular formula is C15H24N2. The molecule has 0 spiro atoms. The van der Waals surface area contributed by atoms with Crippen LogP contribution in [0.3, 0.4) is 0 Å². The fraction of sp³-hybridized carbons (Fsp3) is 0.600. The zero-order chi connectivity index (χ0) is 12.4. The zero-order valence-corrected chi connectivity index (χ0v) is 11.2. The van der Waals surface area contributed by atoms with Crippen molar-refractivity contribution in [3.8, 4) is 0 Å². The van der Waals surface area contributed by atoms with Gasteiger partial charge in [0.15, 0.2) is 0 Å². The van der Waals surface area contributed by atoms with Gasteiger partial charge in [-0.3, -0.25) is 4.90 Å². The molecule has 2 rings (SSSR count). The molecule has 1 aliphatic rings. The van der Waals surface area contributed by atoms with Gasteiger partial charge in [0.05, 0.1) is 0 Å². The first kappa shape index (κ1) is 12.6. The molecule has 1 aliphatic heterocycles. The normalized spacial score (nSPS) is 25.7. The Hall–Kier alpha value is -0.860. The van der Waals surface area contributed by atoms with Crippen LogP contribution >= 0.6 is 0 Å². The second kappa shape index (κ2) is 5.19. The number of rotatable bonds is 3. The Labute approximate surface area is 105 Å². The molecule has 1 aromatic carbocycles. The standard InChI is InChI=1S/C15H24N2/c1-11(2)17-9-8-14(10-16)15(17)13-6-4-12(3)5-7-13/h4-7,11,14-15H,8-10,16H2,1-3H3. The molecule has 2 heteroatoms. The Bertz CT molecular complexity index is 356. The minimum absolute atomic E-state index is 0.514. The van der Waals surface area contributed by atoms with Crippen LogP contribution in [-0.4, -0.2) is 24.0 Å². The van der Waals surface area contributed by atoms with Gasteiger partial charge in [0.25, 0.3) is 0 Å². The van der Waals surface area contributed by atoms with Gasteiger partial charge in [0.1, 0.15) is 0 Å². The molecular weight excluding hydrogens is 208 g/mol. The van der Waals surface area contributed by atoms with E-state index in [1.165, 1.54) is 24.1 Å². The molecule has 1 aromatic rings. The van der Waals surface area contributed by atoms with Gasteiger partial charge in [-0.2, -0.15) is 0 Å². The molecule has 2 N–H and O–H groups in total. The molecule has 2 atom stereocenters. The van der Waals surface area contributed by atoms with Gasteiger partial charge in [-0.1, -0.05) is 29.8 Å². The average Bonchev–Trinajstić information content (AvgIpc) is 2.73. The Kier molecular flexibility index (Phi) is 3.85. The fourth-order valence-electron chi connectivity index (χ4n) is 2.94. The van der Waals surface area contributed by atoms with E-state index in [9.17, 15) is 0 Å². The largest absolute Gasteiger partial charge is 0.330 e. The number of benzene rings is 1. The number of likely N-dealkylation sites (tertiary alicyclic amines) is 1. The highest BCUT2D eigenvalue weighted by Gasteiger charge is 2.35. The molecule has 17 heavy (non-hydrogen) atoms. The van der Waals surface area contributed by atoms with Crippen molar-refractivity contribution in [1.82, 2.24) is 4.90 Å². The number of aryl methyl sites for hydroxylation is 1. The summed E-state index contributed by atoms with van der Waals surface area (Å²) in [4.78, 5) is 2.59. The molecule has 1 fully saturated rings. The van der Waals surface area contributed by atoms with Gasteiger partial charge in [-0.25, -0.2) is 0 Å². The molecule has 0 saturated carbocycles. The predicted octanol–water partition coefficient (Wildman–Crippen LogP) is 2.73.